The van der Waals surface area contributed by atoms with Crippen LogP contribution >= 0.6 is 0 Å². The Balaban J connectivity index is 1.16. The quantitative estimate of drug-likeness (QED) is 0.306. The molecule has 32 heavy (non-hydrogen) atoms. The molecule has 0 N–H and O–H groups in total. The van der Waals surface area contributed by atoms with E-state index in [4.69, 9.17) is 4.74 Å². The van der Waals surface area contributed by atoms with Crippen molar-refractivity contribution in [2.45, 2.75) is 58.1 Å². The zero-order valence-corrected chi connectivity index (χ0v) is 18.5. The van der Waals surface area contributed by atoms with E-state index < -0.39 is 6.10 Å². The van der Waals surface area contributed by atoms with Crippen LogP contribution in [0.4, 0.5) is 0 Å². The molecule has 5 rings (SSSR count). The van der Waals surface area contributed by atoms with E-state index >= 15 is 0 Å². The first-order valence-corrected chi connectivity index (χ1v) is 11.7. The normalized spacial score (nSPS) is 34.0. The van der Waals surface area contributed by atoms with Crippen LogP contribution in [0.5, 0.6) is 0 Å². The molecular weight excluding hydrogens is 406 g/mol. The minimum atomic E-state index is -0.841. The lowest BCUT2D eigenvalue weighted by Crippen LogP contribution is -2.44. The third-order valence-electron chi connectivity index (χ3n) is 7.90. The molecule has 4 aliphatic rings. The van der Waals surface area contributed by atoms with Gasteiger partial charge in [0.2, 0.25) is 17.6 Å². The predicted octanol–water partition coefficient (Wildman–Crippen LogP) is 3.48. The molecule has 6 nitrogen and oxygen atoms in total. The monoisotopic (exact) mass is 435 g/mol. The van der Waals surface area contributed by atoms with Gasteiger partial charge >= 0.3 is 5.97 Å². The molecule has 0 aromatic heterocycles. The Hall–Kier alpha value is -2.76. The highest BCUT2D eigenvalue weighted by Crippen LogP contribution is 2.53. The number of hydrogen-bond acceptors (Lipinski definition) is 5. The molecule has 1 aromatic rings. The number of esters is 1. The maximum absolute atomic E-state index is 13.0. The summed E-state index contributed by atoms with van der Waals surface area (Å²) in [6, 6.07) is 7.08. The van der Waals surface area contributed by atoms with Gasteiger partial charge in [0.05, 0.1) is 17.8 Å². The summed E-state index contributed by atoms with van der Waals surface area (Å²) in [5.74, 6) is -0.826. The highest BCUT2D eigenvalue weighted by Gasteiger charge is 2.60. The number of carbonyl (C=O) groups excluding carboxylic acids is 4. The van der Waals surface area contributed by atoms with Gasteiger partial charge in [0.25, 0.3) is 0 Å². The Morgan fingerprint density at radius 1 is 0.938 bits per heavy atom. The third kappa shape index (κ3) is 3.40. The molecule has 168 valence electrons. The summed E-state index contributed by atoms with van der Waals surface area (Å²) in [6.07, 6.45) is 6.64. The second-order valence-corrected chi connectivity index (χ2v) is 9.86. The van der Waals surface area contributed by atoms with Crippen LogP contribution in [0.1, 0.15) is 54.9 Å². The van der Waals surface area contributed by atoms with Crippen molar-refractivity contribution in [2.24, 2.45) is 29.6 Å². The van der Waals surface area contributed by atoms with Gasteiger partial charge < -0.3 is 4.74 Å². The summed E-state index contributed by atoms with van der Waals surface area (Å²) in [6.45, 7) is 3.55. The van der Waals surface area contributed by atoms with E-state index in [-0.39, 0.29) is 59.2 Å². The Kier molecular flexibility index (Phi) is 5.26. The molecule has 6 heteroatoms. The molecular formula is C26H29NO5. The first-order valence-electron chi connectivity index (χ1n) is 11.7. The molecule has 0 radical (unpaired) electrons. The van der Waals surface area contributed by atoms with E-state index in [0.29, 0.717) is 31.2 Å². The molecule has 0 spiro atoms. The largest absolute Gasteiger partial charge is 0.454 e. The van der Waals surface area contributed by atoms with Crippen LogP contribution in [0.2, 0.25) is 0 Å². The topological polar surface area (TPSA) is 80.8 Å². The lowest BCUT2D eigenvalue weighted by molar-refractivity contribution is -0.153. The van der Waals surface area contributed by atoms with Crippen molar-refractivity contribution in [3.63, 3.8) is 0 Å². The summed E-state index contributed by atoms with van der Waals surface area (Å²) >= 11 is 0. The van der Waals surface area contributed by atoms with Crippen LogP contribution in [-0.2, 0) is 19.1 Å². The van der Waals surface area contributed by atoms with Gasteiger partial charge in [-0.25, -0.2) is 0 Å². The van der Waals surface area contributed by atoms with E-state index in [0.717, 1.165) is 12.0 Å². The number of aryl methyl sites for hydroxylation is 1. The van der Waals surface area contributed by atoms with Crippen LogP contribution in [0, 0.1) is 36.5 Å². The molecule has 1 heterocycles. The number of ketones is 1. The Morgan fingerprint density at radius 3 is 2.06 bits per heavy atom. The minimum Gasteiger partial charge on any atom is -0.454 e. The second-order valence-electron chi connectivity index (χ2n) is 9.86. The van der Waals surface area contributed by atoms with Gasteiger partial charge in [-0.3, -0.25) is 24.1 Å². The number of ether oxygens (including phenoxy) is 1. The maximum atomic E-state index is 13.0. The molecule has 2 saturated carbocycles. The highest BCUT2D eigenvalue weighted by molar-refractivity contribution is 6.06. The van der Waals surface area contributed by atoms with Gasteiger partial charge in [0, 0.05) is 11.6 Å². The average Bonchev–Trinajstić information content (AvgIpc) is 3.47. The van der Waals surface area contributed by atoms with Crippen molar-refractivity contribution < 1.29 is 23.9 Å². The van der Waals surface area contributed by atoms with Gasteiger partial charge in [0.15, 0.2) is 6.10 Å². The Morgan fingerprint density at radius 2 is 1.50 bits per heavy atom. The lowest BCUT2D eigenvalue weighted by atomic mass is 9.85. The number of hydrogen-bond donors (Lipinski definition) is 0. The van der Waals surface area contributed by atoms with Crippen LogP contribution in [0.15, 0.2) is 36.4 Å². The van der Waals surface area contributed by atoms with Gasteiger partial charge in [-0.15, -0.1) is 0 Å². The van der Waals surface area contributed by atoms with Gasteiger partial charge in [0.1, 0.15) is 0 Å². The zero-order chi connectivity index (χ0) is 22.6. The van der Waals surface area contributed by atoms with E-state index in [1.807, 2.05) is 19.1 Å². The van der Waals surface area contributed by atoms with Crippen molar-refractivity contribution in [1.29, 1.82) is 0 Å². The molecule has 5 atom stereocenters. The highest BCUT2D eigenvalue weighted by atomic mass is 16.5. The van der Waals surface area contributed by atoms with E-state index in [1.165, 1.54) is 4.90 Å². The first kappa shape index (κ1) is 21.1. The Bertz CT molecular complexity index is 958. The van der Waals surface area contributed by atoms with Crippen LogP contribution in [0.3, 0.4) is 0 Å². The fourth-order valence-electron chi connectivity index (χ4n) is 6.13. The van der Waals surface area contributed by atoms with Gasteiger partial charge in [-0.05, 0) is 57.8 Å². The molecule has 1 aliphatic heterocycles. The molecule has 2 amide bonds. The fraction of sp³-hybridized carbons (Fsp3) is 0.538. The second kappa shape index (κ2) is 7.98. The van der Waals surface area contributed by atoms with E-state index in [2.05, 4.69) is 12.2 Å². The van der Waals surface area contributed by atoms with Crippen molar-refractivity contribution in [3.05, 3.63) is 47.5 Å². The molecule has 1 aromatic carbocycles. The number of imide groups is 1. The van der Waals surface area contributed by atoms with Crippen LogP contribution in [-0.4, -0.2) is 40.6 Å². The maximum Gasteiger partial charge on any atom is 0.309 e. The number of nitrogens with zero attached hydrogens (tertiary/aromatic N) is 1. The van der Waals surface area contributed by atoms with Gasteiger partial charge in [-0.2, -0.15) is 0 Å². The average molecular weight is 436 g/mol. The smallest absolute Gasteiger partial charge is 0.309 e. The molecule has 5 unspecified atom stereocenters. The number of amides is 2. The molecule has 1 saturated heterocycles. The standard InChI is InChI=1S/C26H29NO5/c1-14-3-5-16(6-4-14)23(28)15(2)32-26(31)17-9-11-20(12-10-17)27-24(29)21-18-7-8-19(13-18)22(21)25(27)30/h3-8,15,17-22H,9-13H2,1-2H3. The molecule has 3 aliphatic carbocycles. The van der Waals surface area contributed by atoms with Crippen molar-refractivity contribution in [2.75, 3.05) is 0 Å². The SMILES string of the molecule is Cc1ccc(C(=O)C(C)OC(=O)C2CCC(N3C(=O)C4C5C=CC(C5)C4C3=O)CC2)cc1. The number of fused-ring (bicyclic) bond motifs is 5. The van der Waals surface area contributed by atoms with Crippen LogP contribution < -0.4 is 0 Å². The van der Waals surface area contributed by atoms with Crippen molar-refractivity contribution in [3.8, 4) is 0 Å². The molecule has 3 fully saturated rings. The summed E-state index contributed by atoms with van der Waals surface area (Å²) < 4.78 is 5.49. The Labute approximate surface area is 188 Å². The number of Topliss-reactive ketones (excluding diaryl/α,β-unsaturated/α-hetero) is 1. The number of rotatable bonds is 5. The predicted molar refractivity (Wildman–Crippen MR) is 116 cm³/mol. The lowest BCUT2D eigenvalue weighted by Gasteiger charge is -2.33. The number of allylic oxidation sites excluding steroid dienone is 2. The minimum absolute atomic E-state index is 0.0137. The van der Waals surface area contributed by atoms with Crippen LogP contribution in [0.25, 0.3) is 0 Å². The van der Waals surface area contributed by atoms with Crippen molar-refractivity contribution >= 4 is 23.6 Å². The number of likely N-dealkylation sites (tertiary alicyclic amines) is 1. The van der Waals surface area contributed by atoms with E-state index in [1.54, 1.807) is 19.1 Å². The summed E-state index contributed by atoms with van der Waals surface area (Å²) in [7, 11) is 0. The first-order chi connectivity index (χ1) is 15.3. The van der Waals surface area contributed by atoms with E-state index in [9.17, 15) is 19.2 Å². The summed E-state index contributed by atoms with van der Waals surface area (Å²) in [5, 5.41) is 0. The summed E-state index contributed by atoms with van der Waals surface area (Å²) in [4.78, 5) is 52.8. The number of carbonyl (C=O) groups is 4. The van der Waals surface area contributed by atoms with Crippen molar-refractivity contribution in [1.82, 2.24) is 4.90 Å². The fourth-order valence-corrected chi connectivity index (χ4v) is 6.13. The zero-order valence-electron chi connectivity index (χ0n) is 18.5. The molecule has 2 bridgehead atoms. The number of benzene rings is 1. The summed E-state index contributed by atoms with van der Waals surface area (Å²) in [5.41, 5.74) is 1.59. The van der Waals surface area contributed by atoms with Gasteiger partial charge in [-0.1, -0.05) is 42.0 Å². The third-order valence-corrected chi connectivity index (χ3v) is 7.90.